The van der Waals surface area contributed by atoms with Crippen LogP contribution in [0.25, 0.3) is 0 Å². The van der Waals surface area contributed by atoms with Crippen LogP contribution in [0.3, 0.4) is 0 Å². The van der Waals surface area contributed by atoms with Gasteiger partial charge in [0.15, 0.2) is 0 Å². The average molecular weight is 215 g/mol. The van der Waals surface area contributed by atoms with Gasteiger partial charge in [-0.3, -0.25) is 0 Å². The maximum atomic E-state index is 5.42. The fourth-order valence-electron chi connectivity index (χ4n) is 1.53. The van der Waals surface area contributed by atoms with Crippen molar-refractivity contribution in [3.8, 4) is 12.3 Å². The van der Waals surface area contributed by atoms with Crippen molar-refractivity contribution < 1.29 is 0 Å². The largest absolute Gasteiger partial charge is 0.372 e. The van der Waals surface area contributed by atoms with Crippen molar-refractivity contribution in [3.63, 3.8) is 0 Å². The molecule has 0 amide bonds. The van der Waals surface area contributed by atoms with Gasteiger partial charge in [0.1, 0.15) is 0 Å². The Labute approximate surface area is 99.3 Å². The summed E-state index contributed by atoms with van der Waals surface area (Å²) in [4.78, 5) is 0. The third-order valence-corrected chi connectivity index (χ3v) is 2.70. The van der Waals surface area contributed by atoms with Gasteiger partial charge in [0.25, 0.3) is 0 Å². The molecule has 0 aliphatic heterocycles. The van der Waals surface area contributed by atoms with Gasteiger partial charge >= 0.3 is 0 Å². The van der Waals surface area contributed by atoms with Crippen molar-refractivity contribution in [1.82, 2.24) is 0 Å². The number of anilines is 1. The molecule has 0 aliphatic carbocycles. The van der Waals surface area contributed by atoms with E-state index in [1.807, 2.05) is 0 Å². The number of nitrogens with one attached hydrogen (secondary N) is 1. The smallest absolute Gasteiger partial charge is 0.0871 e. The van der Waals surface area contributed by atoms with Crippen LogP contribution in [0.5, 0.6) is 0 Å². The molecule has 0 saturated carbocycles. The molecule has 1 rings (SSSR count). The van der Waals surface area contributed by atoms with Crippen LogP contribution in [-0.4, -0.2) is 6.04 Å². The lowest BCUT2D eigenvalue weighted by molar-refractivity contribution is 0.590. The van der Waals surface area contributed by atoms with Crippen LogP contribution in [0.4, 0.5) is 5.69 Å². The molecule has 1 aromatic rings. The normalized spacial score (nSPS) is 12.9. The Morgan fingerprint density at radius 1 is 1.25 bits per heavy atom. The molecule has 0 bridgehead atoms. The van der Waals surface area contributed by atoms with Crippen LogP contribution in [0, 0.1) is 12.3 Å². The first-order valence-electron chi connectivity index (χ1n) is 5.80. The fraction of sp³-hybridized carbons (Fsp3) is 0.467. The molecule has 0 radical (unpaired) electrons. The average Bonchev–Trinajstić information content (AvgIpc) is 2.25. The van der Waals surface area contributed by atoms with Crippen molar-refractivity contribution in [2.75, 3.05) is 5.32 Å². The lowest BCUT2D eigenvalue weighted by Gasteiger charge is -2.20. The lowest BCUT2D eigenvalue weighted by Crippen LogP contribution is -2.16. The van der Waals surface area contributed by atoms with E-state index >= 15 is 0 Å². The zero-order valence-corrected chi connectivity index (χ0v) is 10.7. The van der Waals surface area contributed by atoms with Crippen LogP contribution >= 0.6 is 0 Å². The highest BCUT2D eigenvalue weighted by molar-refractivity contribution is 5.47. The maximum Gasteiger partial charge on any atom is 0.0871 e. The van der Waals surface area contributed by atoms with E-state index in [9.17, 15) is 0 Å². The first-order chi connectivity index (χ1) is 7.47. The predicted octanol–water partition coefficient (Wildman–Crippen LogP) is 3.81. The standard InChI is InChI=1S/C15H21N/c1-6-13(7-2)16-14-10-8-12(9-11-14)15(3,4)5/h1,8-11,13,16H,7H2,2-5H3. The molecular weight excluding hydrogens is 194 g/mol. The molecular formula is C15H21N. The number of hydrogen-bond acceptors (Lipinski definition) is 1. The molecule has 0 aromatic heterocycles. The molecule has 0 saturated heterocycles. The van der Waals surface area contributed by atoms with E-state index < -0.39 is 0 Å². The van der Waals surface area contributed by atoms with Gasteiger partial charge < -0.3 is 5.32 Å². The number of terminal acetylenes is 1. The molecule has 1 atom stereocenters. The summed E-state index contributed by atoms with van der Waals surface area (Å²) in [5.41, 5.74) is 2.64. The third-order valence-electron chi connectivity index (χ3n) is 2.70. The van der Waals surface area contributed by atoms with Crippen LogP contribution < -0.4 is 5.32 Å². The zero-order chi connectivity index (χ0) is 12.2. The third kappa shape index (κ3) is 3.31. The Morgan fingerprint density at radius 3 is 2.19 bits per heavy atom. The number of hydrogen-bond donors (Lipinski definition) is 1. The highest BCUT2D eigenvalue weighted by Gasteiger charge is 2.12. The van der Waals surface area contributed by atoms with E-state index in [4.69, 9.17) is 6.42 Å². The van der Waals surface area contributed by atoms with E-state index in [0.717, 1.165) is 12.1 Å². The molecule has 1 aromatic carbocycles. The van der Waals surface area contributed by atoms with E-state index in [2.05, 4.69) is 63.2 Å². The summed E-state index contributed by atoms with van der Waals surface area (Å²) in [5, 5.41) is 3.32. The van der Waals surface area contributed by atoms with E-state index in [0.29, 0.717) is 0 Å². The highest BCUT2D eigenvalue weighted by Crippen LogP contribution is 2.23. The van der Waals surface area contributed by atoms with Crippen LogP contribution in [-0.2, 0) is 5.41 Å². The van der Waals surface area contributed by atoms with Crippen molar-refractivity contribution in [2.45, 2.75) is 45.6 Å². The maximum absolute atomic E-state index is 5.42. The summed E-state index contributed by atoms with van der Waals surface area (Å²) in [7, 11) is 0. The summed E-state index contributed by atoms with van der Waals surface area (Å²) in [6.07, 6.45) is 6.36. The first-order valence-corrected chi connectivity index (χ1v) is 5.80. The second kappa shape index (κ2) is 5.07. The van der Waals surface area contributed by atoms with Gasteiger partial charge in [-0.1, -0.05) is 45.7 Å². The highest BCUT2D eigenvalue weighted by atomic mass is 14.9. The Balaban J connectivity index is 2.77. The molecule has 1 unspecified atom stereocenters. The van der Waals surface area contributed by atoms with Gasteiger partial charge in [-0.05, 0) is 29.5 Å². The van der Waals surface area contributed by atoms with Crippen LogP contribution in [0.2, 0.25) is 0 Å². The molecule has 0 spiro atoms. The Kier molecular flexibility index (Phi) is 4.01. The first kappa shape index (κ1) is 12.6. The van der Waals surface area contributed by atoms with Gasteiger partial charge in [0.05, 0.1) is 6.04 Å². The molecule has 0 aliphatic rings. The molecule has 1 N–H and O–H groups in total. The molecule has 0 heterocycles. The SMILES string of the molecule is C#CC(CC)Nc1ccc(C(C)(C)C)cc1. The van der Waals surface area contributed by atoms with Crippen LogP contribution in [0.15, 0.2) is 24.3 Å². The zero-order valence-electron chi connectivity index (χ0n) is 10.7. The summed E-state index contributed by atoms with van der Waals surface area (Å²) in [5.74, 6) is 2.73. The summed E-state index contributed by atoms with van der Waals surface area (Å²) >= 11 is 0. The number of benzene rings is 1. The fourth-order valence-corrected chi connectivity index (χ4v) is 1.53. The molecule has 86 valence electrons. The minimum atomic E-state index is 0.125. The van der Waals surface area contributed by atoms with Gasteiger partial charge in [-0.25, -0.2) is 0 Å². The van der Waals surface area contributed by atoms with Crippen molar-refractivity contribution in [1.29, 1.82) is 0 Å². The lowest BCUT2D eigenvalue weighted by atomic mass is 9.87. The Morgan fingerprint density at radius 2 is 1.81 bits per heavy atom. The van der Waals surface area contributed by atoms with Gasteiger partial charge in [-0.2, -0.15) is 0 Å². The molecule has 0 fully saturated rings. The van der Waals surface area contributed by atoms with Crippen molar-refractivity contribution in [2.24, 2.45) is 0 Å². The minimum Gasteiger partial charge on any atom is -0.372 e. The van der Waals surface area contributed by atoms with Crippen molar-refractivity contribution >= 4 is 5.69 Å². The topological polar surface area (TPSA) is 12.0 Å². The van der Waals surface area contributed by atoms with Crippen molar-refractivity contribution in [3.05, 3.63) is 29.8 Å². The monoisotopic (exact) mass is 215 g/mol. The van der Waals surface area contributed by atoms with Crippen LogP contribution in [0.1, 0.15) is 39.7 Å². The Bertz CT molecular complexity index is 362. The predicted molar refractivity (Wildman–Crippen MR) is 71.7 cm³/mol. The molecule has 16 heavy (non-hydrogen) atoms. The number of rotatable bonds is 3. The van der Waals surface area contributed by atoms with E-state index in [-0.39, 0.29) is 11.5 Å². The van der Waals surface area contributed by atoms with Gasteiger partial charge in [0, 0.05) is 5.69 Å². The second-order valence-electron chi connectivity index (χ2n) is 5.10. The molecule has 1 heteroatoms. The van der Waals surface area contributed by atoms with E-state index in [1.165, 1.54) is 5.56 Å². The van der Waals surface area contributed by atoms with E-state index in [1.54, 1.807) is 0 Å². The summed E-state index contributed by atoms with van der Waals surface area (Å²) in [6, 6.07) is 8.64. The van der Waals surface area contributed by atoms with Gasteiger partial charge in [0.2, 0.25) is 0 Å². The minimum absolute atomic E-state index is 0.125. The summed E-state index contributed by atoms with van der Waals surface area (Å²) < 4.78 is 0. The molecule has 1 nitrogen and oxygen atoms in total. The summed E-state index contributed by atoms with van der Waals surface area (Å²) in [6.45, 7) is 8.73. The van der Waals surface area contributed by atoms with Gasteiger partial charge in [-0.15, -0.1) is 6.42 Å². The Hall–Kier alpha value is -1.42. The quantitative estimate of drug-likeness (QED) is 0.756. The second-order valence-corrected chi connectivity index (χ2v) is 5.10.